The van der Waals surface area contributed by atoms with Crippen molar-refractivity contribution in [2.75, 3.05) is 18.2 Å². The van der Waals surface area contributed by atoms with E-state index in [1.54, 1.807) is 6.07 Å². The number of halogens is 1. The number of sulfone groups is 1. The van der Waals surface area contributed by atoms with Gasteiger partial charge in [-0.15, -0.1) is 5.10 Å². The smallest absolute Gasteiger partial charge is 0.322 e. The van der Waals surface area contributed by atoms with E-state index in [-0.39, 0.29) is 23.2 Å². The fraction of sp³-hybridized carbons (Fsp3) is 0.167. The van der Waals surface area contributed by atoms with Crippen molar-refractivity contribution in [1.82, 2.24) is 10.2 Å². The van der Waals surface area contributed by atoms with Crippen LogP contribution in [-0.4, -0.2) is 37.4 Å². The maximum atomic E-state index is 13.2. The molecule has 0 saturated heterocycles. The molecule has 28 heavy (non-hydrogen) atoms. The lowest BCUT2D eigenvalue weighted by Crippen LogP contribution is -2.17. The molecule has 0 aliphatic rings. The first-order chi connectivity index (χ1) is 13.4. The van der Waals surface area contributed by atoms with Gasteiger partial charge in [0, 0.05) is 12.0 Å². The molecule has 0 aliphatic heterocycles. The first-order valence-electron chi connectivity index (χ1n) is 8.13. The first kappa shape index (κ1) is 19.5. The third-order valence-corrected chi connectivity index (χ3v) is 5.49. The number of hydrogen-bond donors (Lipinski definition) is 1. The molecule has 0 aliphatic carbocycles. The summed E-state index contributed by atoms with van der Waals surface area (Å²) in [4.78, 5) is 12.1. The maximum absolute atomic E-state index is 13.2. The Morgan fingerprint density at radius 2 is 1.93 bits per heavy atom. The van der Waals surface area contributed by atoms with Crippen LogP contribution < -0.4 is 10.1 Å². The molecule has 1 N–H and O–H groups in total. The monoisotopic (exact) mass is 405 g/mol. The number of carbonyl (C=O) groups is 1. The molecule has 0 spiro atoms. The summed E-state index contributed by atoms with van der Waals surface area (Å²) in [6, 6.07) is 11.2. The average Bonchev–Trinajstić information content (AvgIpc) is 3.15. The number of methoxy groups -OCH3 is 1. The predicted octanol–water partition coefficient (Wildman–Crippen LogP) is 2.69. The van der Waals surface area contributed by atoms with Gasteiger partial charge in [-0.3, -0.25) is 10.1 Å². The Bertz CT molecular complexity index is 1080. The van der Waals surface area contributed by atoms with Crippen LogP contribution >= 0.6 is 0 Å². The number of rotatable bonds is 7. The highest BCUT2D eigenvalue weighted by molar-refractivity contribution is 7.91. The molecule has 0 bridgehead atoms. The van der Waals surface area contributed by atoms with Crippen molar-refractivity contribution < 1.29 is 26.8 Å². The molecule has 1 amide bonds. The molecule has 0 radical (unpaired) electrons. The summed E-state index contributed by atoms with van der Waals surface area (Å²) in [5.41, 5.74) is 0.357. The third-order valence-electron chi connectivity index (χ3n) is 3.76. The van der Waals surface area contributed by atoms with Crippen LogP contribution in [0, 0.1) is 5.82 Å². The Balaban J connectivity index is 1.59. The summed E-state index contributed by atoms with van der Waals surface area (Å²) in [7, 11) is -2.16. The quantitative estimate of drug-likeness (QED) is 0.643. The molecule has 3 rings (SSSR count). The van der Waals surface area contributed by atoms with Gasteiger partial charge in [-0.05, 0) is 42.5 Å². The molecule has 3 aromatic rings. The van der Waals surface area contributed by atoms with E-state index in [1.165, 1.54) is 49.6 Å². The number of benzene rings is 2. The molecule has 8 nitrogen and oxygen atoms in total. The van der Waals surface area contributed by atoms with Crippen LogP contribution in [-0.2, 0) is 14.6 Å². The number of aromatic nitrogens is 2. The molecule has 1 heterocycles. The zero-order valence-electron chi connectivity index (χ0n) is 14.8. The fourth-order valence-corrected chi connectivity index (χ4v) is 3.56. The molecule has 0 atom stereocenters. The van der Waals surface area contributed by atoms with Crippen molar-refractivity contribution in [3.05, 3.63) is 54.3 Å². The minimum Gasteiger partial charge on any atom is -0.497 e. The van der Waals surface area contributed by atoms with Crippen molar-refractivity contribution in [2.24, 2.45) is 0 Å². The standard InChI is InChI=1S/C18H16FN3O5S/c1-26-14-5-7-15(8-6-14)28(24,25)10-9-16(23)20-18-22-21-17(27-18)12-3-2-4-13(19)11-12/h2-8,11H,9-10H2,1H3,(H,20,22,23). The third kappa shape index (κ3) is 4.71. The summed E-state index contributed by atoms with van der Waals surface area (Å²) in [6.45, 7) is 0. The van der Waals surface area contributed by atoms with Crippen molar-refractivity contribution >= 4 is 21.8 Å². The lowest BCUT2D eigenvalue weighted by Gasteiger charge is -2.05. The van der Waals surface area contributed by atoms with E-state index in [4.69, 9.17) is 9.15 Å². The van der Waals surface area contributed by atoms with Crippen LogP contribution in [0.1, 0.15) is 6.42 Å². The van der Waals surface area contributed by atoms with Crippen LogP contribution in [0.15, 0.2) is 57.8 Å². The molecule has 146 valence electrons. The number of nitrogens with zero attached hydrogens (tertiary/aromatic N) is 2. The molecule has 0 unspecified atom stereocenters. The van der Waals surface area contributed by atoms with E-state index < -0.39 is 27.3 Å². The van der Waals surface area contributed by atoms with Crippen molar-refractivity contribution in [1.29, 1.82) is 0 Å². The van der Waals surface area contributed by atoms with Gasteiger partial charge >= 0.3 is 6.01 Å². The Labute approximate surface area is 160 Å². The molecular formula is C18H16FN3O5S. The molecule has 0 fully saturated rings. The van der Waals surface area contributed by atoms with Crippen molar-refractivity contribution in [3.63, 3.8) is 0 Å². The Morgan fingerprint density at radius 1 is 1.18 bits per heavy atom. The largest absolute Gasteiger partial charge is 0.497 e. The van der Waals surface area contributed by atoms with Gasteiger partial charge in [0.2, 0.25) is 11.8 Å². The van der Waals surface area contributed by atoms with Gasteiger partial charge in [-0.2, -0.15) is 0 Å². The summed E-state index contributed by atoms with van der Waals surface area (Å²) < 4.78 is 48.1. The maximum Gasteiger partial charge on any atom is 0.322 e. The number of hydrogen-bond acceptors (Lipinski definition) is 7. The highest BCUT2D eigenvalue weighted by Gasteiger charge is 2.18. The summed E-state index contributed by atoms with van der Waals surface area (Å²) >= 11 is 0. The Hall–Kier alpha value is -3.27. The SMILES string of the molecule is COc1ccc(S(=O)(=O)CCC(=O)Nc2nnc(-c3cccc(F)c3)o2)cc1. The molecule has 10 heteroatoms. The second kappa shape index (κ2) is 8.17. The number of anilines is 1. The van der Waals surface area contributed by atoms with Gasteiger partial charge in [0.25, 0.3) is 0 Å². The summed E-state index contributed by atoms with van der Waals surface area (Å²) in [6.07, 6.45) is -0.300. The van der Waals surface area contributed by atoms with Gasteiger partial charge in [0.05, 0.1) is 17.8 Å². The minimum absolute atomic E-state index is 0.0284. The van der Waals surface area contributed by atoms with Crippen molar-refractivity contribution in [2.45, 2.75) is 11.3 Å². The zero-order valence-corrected chi connectivity index (χ0v) is 15.6. The van der Waals surface area contributed by atoms with E-state index in [0.717, 1.165) is 0 Å². The first-order valence-corrected chi connectivity index (χ1v) is 9.79. The van der Waals surface area contributed by atoms with Crippen LogP contribution in [0.4, 0.5) is 10.4 Å². The van der Waals surface area contributed by atoms with E-state index >= 15 is 0 Å². The van der Waals surface area contributed by atoms with Crippen LogP contribution in [0.5, 0.6) is 5.75 Å². The molecule has 0 saturated carbocycles. The van der Waals surface area contributed by atoms with Gasteiger partial charge < -0.3 is 9.15 Å². The molecule has 1 aromatic heterocycles. The topological polar surface area (TPSA) is 111 Å². The van der Waals surface area contributed by atoms with Gasteiger partial charge in [-0.1, -0.05) is 11.2 Å². The highest BCUT2D eigenvalue weighted by atomic mass is 32.2. The van der Waals surface area contributed by atoms with E-state index in [2.05, 4.69) is 15.5 Å². The lowest BCUT2D eigenvalue weighted by molar-refractivity contribution is -0.115. The number of ether oxygens (including phenoxy) is 1. The van der Waals surface area contributed by atoms with Gasteiger partial charge in [0.1, 0.15) is 11.6 Å². The van der Waals surface area contributed by atoms with E-state index in [0.29, 0.717) is 11.3 Å². The van der Waals surface area contributed by atoms with Crippen molar-refractivity contribution in [3.8, 4) is 17.2 Å². The number of nitrogens with one attached hydrogen (secondary N) is 1. The second-order valence-electron chi connectivity index (χ2n) is 5.72. The molecule has 2 aromatic carbocycles. The highest BCUT2D eigenvalue weighted by Crippen LogP contribution is 2.21. The Morgan fingerprint density at radius 3 is 2.61 bits per heavy atom. The summed E-state index contributed by atoms with van der Waals surface area (Å²) in [5, 5.41) is 9.71. The zero-order chi connectivity index (χ0) is 20.1. The average molecular weight is 405 g/mol. The number of amides is 1. The normalized spacial score (nSPS) is 11.2. The predicted molar refractivity (Wildman–Crippen MR) is 98.0 cm³/mol. The summed E-state index contributed by atoms with van der Waals surface area (Å²) in [5.74, 6) is -0.907. The Kier molecular flexibility index (Phi) is 5.69. The number of carbonyl (C=O) groups excluding carboxylic acids is 1. The van der Waals surface area contributed by atoms with Gasteiger partial charge in [-0.25, -0.2) is 12.8 Å². The minimum atomic E-state index is -3.64. The lowest BCUT2D eigenvalue weighted by atomic mass is 10.2. The van der Waals surface area contributed by atoms with E-state index in [9.17, 15) is 17.6 Å². The van der Waals surface area contributed by atoms with Crippen LogP contribution in [0.3, 0.4) is 0 Å². The van der Waals surface area contributed by atoms with Crippen LogP contribution in [0.2, 0.25) is 0 Å². The van der Waals surface area contributed by atoms with Crippen LogP contribution in [0.25, 0.3) is 11.5 Å². The fourth-order valence-electron chi connectivity index (χ4n) is 2.32. The van der Waals surface area contributed by atoms with E-state index in [1.807, 2.05) is 0 Å². The second-order valence-corrected chi connectivity index (χ2v) is 7.82. The molecular weight excluding hydrogens is 389 g/mol. The van der Waals surface area contributed by atoms with Gasteiger partial charge in [0.15, 0.2) is 9.84 Å².